The Morgan fingerprint density at radius 3 is 2.44 bits per heavy atom. The van der Waals surface area contributed by atoms with E-state index in [1.54, 1.807) is 12.1 Å². The molecule has 0 atom stereocenters. The average Bonchev–Trinajstić information content (AvgIpc) is 2.66. The number of hydrogen-bond donors (Lipinski definition) is 0. The maximum Gasteiger partial charge on any atom is 0.344 e. The van der Waals surface area contributed by atoms with Gasteiger partial charge in [0.2, 0.25) is 0 Å². The molecule has 0 heterocycles. The molecule has 0 saturated carbocycles. The van der Waals surface area contributed by atoms with E-state index in [1.807, 2.05) is 0 Å². The minimum absolute atomic E-state index is 0.0197. The van der Waals surface area contributed by atoms with Crippen molar-refractivity contribution in [2.45, 2.75) is 12.8 Å². The Bertz CT molecular complexity index is 665. The summed E-state index contributed by atoms with van der Waals surface area (Å²) in [4.78, 5) is 49.0. The van der Waals surface area contributed by atoms with Crippen LogP contribution < -0.4 is 4.74 Å². The number of ether oxygens (including phenoxy) is 3. The predicted octanol–water partition coefficient (Wildman–Crippen LogP) is 1.72. The van der Waals surface area contributed by atoms with Gasteiger partial charge in [-0.05, 0) is 25.0 Å². The van der Waals surface area contributed by atoms with Crippen LogP contribution in [0.3, 0.4) is 0 Å². The van der Waals surface area contributed by atoms with Crippen molar-refractivity contribution in [1.82, 2.24) is 0 Å². The van der Waals surface area contributed by atoms with Gasteiger partial charge in [-0.2, -0.15) is 0 Å². The van der Waals surface area contributed by atoms with Crippen molar-refractivity contribution in [3.8, 4) is 5.75 Å². The van der Waals surface area contributed by atoms with Gasteiger partial charge < -0.3 is 19.0 Å². The summed E-state index contributed by atoms with van der Waals surface area (Å²) in [5.74, 6) is -1.60. The number of rotatable bonds is 13. The van der Waals surface area contributed by atoms with Crippen LogP contribution in [0.1, 0.15) is 23.2 Å². The minimum atomic E-state index is -0.900. The van der Waals surface area contributed by atoms with Gasteiger partial charge in [-0.1, -0.05) is 28.1 Å². The molecule has 0 N–H and O–H groups in total. The molecular weight excluding hydrogens is 430 g/mol. The fourth-order valence-corrected chi connectivity index (χ4v) is 1.89. The molecule has 148 valence electrons. The van der Waals surface area contributed by atoms with E-state index in [0.29, 0.717) is 12.8 Å². The largest absolute Gasteiger partial charge is 0.485 e. The summed E-state index contributed by atoms with van der Waals surface area (Å²) in [5.41, 5.74) is 0.0737. The Morgan fingerprint density at radius 2 is 1.74 bits per heavy atom. The number of halogens is 1. The van der Waals surface area contributed by atoms with Gasteiger partial charge in [-0.25, -0.2) is 9.59 Å². The van der Waals surface area contributed by atoms with Crippen LogP contribution in [0.4, 0.5) is 0 Å². The van der Waals surface area contributed by atoms with Gasteiger partial charge >= 0.3 is 11.9 Å². The lowest BCUT2D eigenvalue weighted by Crippen LogP contribution is -2.18. The Balaban J connectivity index is 2.36. The molecule has 1 aromatic carbocycles. The van der Waals surface area contributed by atoms with Crippen molar-refractivity contribution in [3.05, 3.63) is 39.9 Å². The summed E-state index contributed by atoms with van der Waals surface area (Å²) < 4.78 is 15.0. The van der Waals surface area contributed by atoms with E-state index in [-0.39, 0.29) is 42.2 Å². The molecule has 0 bridgehead atoms. The highest BCUT2D eigenvalue weighted by molar-refractivity contribution is 9.09. The van der Waals surface area contributed by atoms with Crippen LogP contribution in [0.15, 0.2) is 24.3 Å². The molecule has 0 aromatic heterocycles. The molecule has 27 heavy (non-hydrogen) atoms. The van der Waals surface area contributed by atoms with Gasteiger partial charge in [0.15, 0.2) is 12.4 Å². The Hall–Kier alpha value is -2.69. The topological polar surface area (TPSA) is 131 Å². The number of carbonyl (C=O) groups is 3. The van der Waals surface area contributed by atoms with Crippen LogP contribution in [-0.4, -0.2) is 54.6 Å². The number of para-hydroxylation sites is 1. The van der Waals surface area contributed by atoms with Gasteiger partial charge in [0.25, 0.3) is 5.09 Å². The van der Waals surface area contributed by atoms with Crippen molar-refractivity contribution in [2.75, 3.05) is 31.8 Å². The Kier molecular flexibility index (Phi) is 10.5. The quantitative estimate of drug-likeness (QED) is 0.145. The monoisotopic (exact) mass is 447 g/mol. The van der Waals surface area contributed by atoms with E-state index in [2.05, 4.69) is 20.8 Å². The summed E-state index contributed by atoms with van der Waals surface area (Å²) in [7, 11) is 0. The minimum Gasteiger partial charge on any atom is -0.485 e. The number of Topliss-reactive ketones (excluding diaryl/α,β-unsaturated/α-hetero) is 1. The van der Waals surface area contributed by atoms with Crippen LogP contribution in [0.5, 0.6) is 5.75 Å². The first-order chi connectivity index (χ1) is 12.9. The SMILES string of the molecule is O=C(CBr)COc1ccccc1C(=O)OCC(=O)OCCCCO[N+](=O)[O-]. The molecule has 1 aromatic rings. The molecule has 0 amide bonds. The first kappa shape index (κ1) is 22.4. The number of alkyl halides is 1. The van der Waals surface area contributed by atoms with E-state index in [1.165, 1.54) is 12.1 Å². The lowest BCUT2D eigenvalue weighted by Gasteiger charge is -2.10. The second-order valence-electron chi connectivity index (χ2n) is 5.02. The van der Waals surface area contributed by atoms with E-state index in [4.69, 9.17) is 14.2 Å². The van der Waals surface area contributed by atoms with Crippen molar-refractivity contribution >= 4 is 33.7 Å². The zero-order valence-corrected chi connectivity index (χ0v) is 15.8. The number of hydrogen-bond acceptors (Lipinski definition) is 9. The third-order valence-corrected chi connectivity index (χ3v) is 3.59. The molecule has 11 heteroatoms. The first-order valence-corrected chi connectivity index (χ1v) is 8.95. The summed E-state index contributed by atoms with van der Waals surface area (Å²) in [6.45, 7) is -0.879. The molecule has 0 unspecified atom stereocenters. The van der Waals surface area contributed by atoms with Crippen molar-refractivity contribution in [3.63, 3.8) is 0 Å². The molecule has 10 nitrogen and oxygen atoms in total. The van der Waals surface area contributed by atoms with Gasteiger partial charge in [0.1, 0.15) is 17.9 Å². The molecule has 0 saturated heterocycles. The Morgan fingerprint density at radius 1 is 1.04 bits per heavy atom. The highest BCUT2D eigenvalue weighted by Gasteiger charge is 2.16. The van der Waals surface area contributed by atoms with Gasteiger partial charge in [-0.15, -0.1) is 10.1 Å². The number of ketones is 1. The second-order valence-corrected chi connectivity index (χ2v) is 5.58. The van der Waals surface area contributed by atoms with Crippen molar-refractivity contribution in [1.29, 1.82) is 0 Å². The average molecular weight is 448 g/mol. The third kappa shape index (κ3) is 9.54. The van der Waals surface area contributed by atoms with E-state index in [0.717, 1.165) is 0 Å². The second kappa shape index (κ2) is 12.6. The highest BCUT2D eigenvalue weighted by Crippen LogP contribution is 2.19. The molecule has 0 aliphatic carbocycles. The van der Waals surface area contributed by atoms with Gasteiger partial charge in [0.05, 0.1) is 18.5 Å². The number of esters is 2. The van der Waals surface area contributed by atoms with Crippen LogP contribution in [0, 0.1) is 10.1 Å². The molecule has 0 fully saturated rings. The van der Waals surface area contributed by atoms with Gasteiger partial charge in [-0.3, -0.25) is 4.79 Å². The molecule has 0 aliphatic heterocycles. The summed E-state index contributed by atoms with van der Waals surface area (Å²) >= 11 is 3.01. The van der Waals surface area contributed by atoms with Crippen LogP contribution in [-0.2, 0) is 23.9 Å². The number of benzene rings is 1. The highest BCUT2D eigenvalue weighted by atomic mass is 79.9. The number of nitrogens with zero attached hydrogens (tertiary/aromatic N) is 1. The van der Waals surface area contributed by atoms with Gasteiger partial charge in [0, 0.05) is 0 Å². The lowest BCUT2D eigenvalue weighted by atomic mass is 10.2. The molecule has 0 spiro atoms. The van der Waals surface area contributed by atoms with E-state index in [9.17, 15) is 24.5 Å². The molecular formula is C16H18BrNO9. The van der Waals surface area contributed by atoms with Crippen LogP contribution >= 0.6 is 15.9 Å². The van der Waals surface area contributed by atoms with Crippen molar-refractivity contribution in [2.24, 2.45) is 0 Å². The maximum absolute atomic E-state index is 12.1. The van der Waals surface area contributed by atoms with Crippen LogP contribution in [0.2, 0.25) is 0 Å². The third-order valence-electron chi connectivity index (χ3n) is 2.96. The predicted molar refractivity (Wildman–Crippen MR) is 94.2 cm³/mol. The number of unbranched alkanes of at least 4 members (excludes halogenated alkanes) is 1. The first-order valence-electron chi connectivity index (χ1n) is 7.83. The normalized spacial score (nSPS) is 9.96. The summed E-state index contributed by atoms with van der Waals surface area (Å²) in [5, 5.41) is 9.17. The smallest absolute Gasteiger partial charge is 0.344 e. The lowest BCUT2D eigenvalue weighted by molar-refractivity contribution is -0.757. The fraction of sp³-hybridized carbons (Fsp3) is 0.438. The standard InChI is InChI=1S/C16H18BrNO9/c17-9-12(19)10-25-14-6-2-1-5-13(14)16(21)26-11-15(20)24-7-3-4-8-27-18(22)23/h1-2,5-6H,3-4,7-11H2. The molecule has 1 rings (SSSR count). The maximum atomic E-state index is 12.1. The number of carbonyl (C=O) groups excluding carboxylic acids is 3. The molecule has 0 radical (unpaired) electrons. The van der Waals surface area contributed by atoms with E-state index >= 15 is 0 Å². The fourth-order valence-electron chi connectivity index (χ4n) is 1.73. The summed E-state index contributed by atoms with van der Waals surface area (Å²) in [6, 6.07) is 6.16. The molecule has 0 aliphatic rings. The summed E-state index contributed by atoms with van der Waals surface area (Å²) in [6.07, 6.45) is 0.706. The van der Waals surface area contributed by atoms with Crippen LogP contribution in [0.25, 0.3) is 0 Å². The zero-order chi connectivity index (χ0) is 20.1. The van der Waals surface area contributed by atoms with Crippen molar-refractivity contribution < 1.29 is 38.5 Å². The Labute approximate surface area is 162 Å². The zero-order valence-electron chi connectivity index (χ0n) is 14.3. The van der Waals surface area contributed by atoms with E-state index < -0.39 is 23.6 Å².